The minimum Gasteiger partial charge on any atom is -0.481 e. The SMILES string of the molecule is Cn1c(Cn2cc([C@@H]3OCCC[C@H]3C(=O)O)cn2)nnc1C1CC1. The van der Waals surface area contributed by atoms with Crippen LogP contribution in [0.25, 0.3) is 0 Å². The Morgan fingerprint density at radius 3 is 2.96 bits per heavy atom. The molecule has 128 valence electrons. The first kappa shape index (κ1) is 15.3. The molecule has 1 aliphatic heterocycles. The molecule has 0 unspecified atom stereocenters. The second kappa shape index (κ2) is 6.01. The van der Waals surface area contributed by atoms with Crippen LogP contribution in [0.1, 0.15) is 54.9 Å². The molecule has 0 amide bonds. The average Bonchev–Trinajstić information content (AvgIpc) is 3.21. The summed E-state index contributed by atoms with van der Waals surface area (Å²) >= 11 is 0. The summed E-state index contributed by atoms with van der Waals surface area (Å²) in [5.74, 6) is 1.13. The van der Waals surface area contributed by atoms with E-state index in [1.54, 1.807) is 10.9 Å². The molecule has 2 aromatic rings. The number of nitrogens with zero attached hydrogens (tertiary/aromatic N) is 5. The van der Waals surface area contributed by atoms with Crippen LogP contribution in [0.15, 0.2) is 12.4 Å². The van der Waals surface area contributed by atoms with Crippen LogP contribution in [0.4, 0.5) is 0 Å². The topological polar surface area (TPSA) is 95.1 Å². The normalized spacial score (nSPS) is 24.2. The van der Waals surface area contributed by atoms with E-state index in [0.717, 1.165) is 23.6 Å². The molecule has 1 saturated carbocycles. The maximum absolute atomic E-state index is 11.4. The Bertz CT molecular complexity index is 749. The maximum Gasteiger partial charge on any atom is 0.309 e. The van der Waals surface area contributed by atoms with E-state index in [1.165, 1.54) is 12.8 Å². The fourth-order valence-corrected chi connectivity index (χ4v) is 3.33. The van der Waals surface area contributed by atoms with Gasteiger partial charge in [-0.2, -0.15) is 5.10 Å². The van der Waals surface area contributed by atoms with Gasteiger partial charge in [0.1, 0.15) is 12.4 Å². The van der Waals surface area contributed by atoms with Gasteiger partial charge in [-0.3, -0.25) is 9.48 Å². The van der Waals surface area contributed by atoms with E-state index in [4.69, 9.17) is 4.74 Å². The van der Waals surface area contributed by atoms with Crippen LogP contribution >= 0.6 is 0 Å². The molecule has 2 aromatic heterocycles. The Kier molecular flexibility index (Phi) is 3.84. The molecule has 2 fully saturated rings. The number of carboxylic acid groups (broad SMARTS) is 1. The molecule has 0 bridgehead atoms. The predicted molar refractivity (Wildman–Crippen MR) is 83.4 cm³/mol. The van der Waals surface area contributed by atoms with Gasteiger partial charge in [-0.05, 0) is 25.7 Å². The van der Waals surface area contributed by atoms with Gasteiger partial charge in [0.25, 0.3) is 0 Å². The lowest BCUT2D eigenvalue weighted by atomic mass is 9.91. The second-order valence-corrected chi connectivity index (χ2v) is 6.66. The van der Waals surface area contributed by atoms with Crippen LogP contribution in [0.5, 0.6) is 0 Å². The lowest BCUT2D eigenvalue weighted by Crippen LogP contribution is -2.28. The number of rotatable bonds is 5. The van der Waals surface area contributed by atoms with Gasteiger partial charge >= 0.3 is 5.97 Å². The van der Waals surface area contributed by atoms with Crippen LogP contribution in [0.2, 0.25) is 0 Å². The van der Waals surface area contributed by atoms with Crippen LogP contribution in [0.3, 0.4) is 0 Å². The Labute approximate surface area is 139 Å². The minimum atomic E-state index is -0.810. The van der Waals surface area contributed by atoms with Gasteiger partial charge in [-0.15, -0.1) is 10.2 Å². The van der Waals surface area contributed by atoms with E-state index >= 15 is 0 Å². The summed E-state index contributed by atoms with van der Waals surface area (Å²) in [6.45, 7) is 1.11. The van der Waals surface area contributed by atoms with E-state index < -0.39 is 18.0 Å². The standard InChI is InChI=1S/C16H21N5O3/c1-20-13(18-19-15(20)10-4-5-10)9-21-8-11(7-17-21)14-12(16(22)23)3-2-6-24-14/h7-8,10,12,14H,2-6,9H2,1H3,(H,22,23)/t12-,14+/m1/s1. The molecule has 0 radical (unpaired) electrons. The monoisotopic (exact) mass is 331 g/mol. The molecular weight excluding hydrogens is 310 g/mol. The molecule has 3 heterocycles. The molecule has 1 N–H and O–H groups in total. The Hall–Kier alpha value is -2.22. The summed E-state index contributed by atoms with van der Waals surface area (Å²) in [6, 6.07) is 0. The fraction of sp³-hybridized carbons (Fsp3) is 0.625. The molecule has 1 aliphatic carbocycles. The third-order valence-corrected chi connectivity index (χ3v) is 4.87. The molecule has 8 heteroatoms. The number of hydrogen-bond donors (Lipinski definition) is 1. The van der Waals surface area contributed by atoms with Crippen molar-refractivity contribution < 1.29 is 14.6 Å². The van der Waals surface area contributed by atoms with Crippen molar-refractivity contribution in [3.05, 3.63) is 29.6 Å². The fourth-order valence-electron chi connectivity index (χ4n) is 3.33. The van der Waals surface area contributed by atoms with Crippen molar-refractivity contribution in [2.24, 2.45) is 13.0 Å². The Balaban J connectivity index is 1.51. The molecule has 1 saturated heterocycles. The summed E-state index contributed by atoms with van der Waals surface area (Å²) in [5.41, 5.74) is 0.812. The molecular formula is C16H21N5O3. The van der Waals surface area contributed by atoms with E-state index in [9.17, 15) is 9.90 Å². The van der Waals surface area contributed by atoms with E-state index in [-0.39, 0.29) is 0 Å². The van der Waals surface area contributed by atoms with Gasteiger partial charge in [-0.1, -0.05) is 0 Å². The molecule has 4 rings (SSSR count). The maximum atomic E-state index is 11.4. The van der Waals surface area contributed by atoms with Crippen LogP contribution in [-0.2, 0) is 23.1 Å². The number of aromatic nitrogens is 5. The van der Waals surface area contributed by atoms with Gasteiger partial charge in [0, 0.05) is 31.3 Å². The zero-order chi connectivity index (χ0) is 16.7. The summed E-state index contributed by atoms with van der Waals surface area (Å²) < 4.78 is 9.51. The first-order valence-corrected chi connectivity index (χ1v) is 8.38. The largest absolute Gasteiger partial charge is 0.481 e. The number of hydrogen-bond acceptors (Lipinski definition) is 5. The lowest BCUT2D eigenvalue weighted by molar-refractivity contribution is -0.151. The molecule has 0 spiro atoms. The van der Waals surface area contributed by atoms with Crippen molar-refractivity contribution in [3.63, 3.8) is 0 Å². The van der Waals surface area contributed by atoms with E-state index in [0.29, 0.717) is 25.5 Å². The summed E-state index contributed by atoms with van der Waals surface area (Å²) in [7, 11) is 1.98. The molecule has 0 aromatic carbocycles. The third kappa shape index (κ3) is 2.82. The zero-order valence-electron chi connectivity index (χ0n) is 13.6. The van der Waals surface area contributed by atoms with Gasteiger partial charge < -0.3 is 14.4 Å². The smallest absolute Gasteiger partial charge is 0.309 e. The molecule has 24 heavy (non-hydrogen) atoms. The highest BCUT2D eigenvalue weighted by Gasteiger charge is 2.34. The van der Waals surface area contributed by atoms with Crippen LogP contribution in [0, 0.1) is 5.92 Å². The highest BCUT2D eigenvalue weighted by Crippen LogP contribution is 2.38. The zero-order valence-corrected chi connectivity index (χ0v) is 13.6. The predicted octanol–water partition coefficient (Wildman–Crippen LogP) is 1.49. The minimum absolute atomic E-state index is 0.425. The van der Waals surface area contributed by atoms with E-state index in [1.807, 2.05) is 17.8 Å². The van der Waals surface area contributed by atoms with Gasteiger partial charge in [-0.25, -0.2) is 0 Å². The second-order valence-electron chi connectivity index (χ2n) is 6.66. The van der Waals surface area contributed by atoms with Crippen molar-refractivity contribution in [3.8, 4) is 0 Å². The van der Waals surface area contributed by atoms with Crippen molar-refractivity contribution in [1.82, 2.24) is 24.5 Å². The Morgan fingerprint density at radius 2 is 2.21 bits per heavy atom. The van der Waals surface area contributed by atoms with Gasteiger partial charge in [0.2, 0.25) is 0 Å². The van der Waals surface area contributed by atoms with Crippen molar-refractivity contribution in [2.45, 2.75) is 44.2 Å². The highest BCUT2D eigenvalue weighted by atomic mass is 16.5. The van der Waals surface area contributed by atoms with E-state index in [2.05, 4.69) is 15.3 Å². The number of aliphatic carboxylic acids is 1. The van der Waals surface area contributed by atoms with Gasteiger partial charge in [0.15, 0.2) is 5.82 Å². The number of ether oxygens (including phenoxy) is 1. The third-order valence-electron chi connectivity index (χ3n) is 4.87. The summed E-state index contributed by atoms with van der Waals surface area (Å²) in [5, 5.41) is 22.3. The number of carbonyl (C=O) groups is 1. The quantitative estimate of drug-likeness (QED) is 0.892. The molecule has 2 atom stereocenters. The summed E-state index contributed by atoms with van der Waals surface area (Å²) in [6.07, 6.45) is 6.93. The van der Waals surface area contributed by atoms with Crippen molar-refractivity contribution in [2.75, 3.05) is 6.61 Å². The first-order chi connectivity index (χ1) is 11.6. The van der Waals surface area contributed by atoms with Crippen LogP contribution in [-0.4, -0.2) is 42.2 Å². The number of carboxylic acids is 1. The van der Waals surface area contributed by atoms with Crippen molar-refractivity contribution >= 4 is 5.97 Å². The summed E-state index contributed by atoms with van der Waals surface area (Å²) in [4.78, 5) is 11.4. The van der Waals surface area contributed by atoms with Crippen LogP contribution < -0.4 is 0 Å². The lowest BCUT2D eigenvalue weighted by Gasteiger charge is -2.28. The molecule has 8 nitrogen and oxygen atoms in total. The Morgan fingerprint density at radius 1 is 1.38 bits per heavy atom. The first-order valence-electron chi connectivity index (χ1n) is 8.38. The molecule has 2 aliphatic rings. The van der Waals surface area contributed by atoms with Gasteiger partial charge in [0.05, 0.1) is 18.2 Å². The average molecular weight is 331 g/mol. The highest BCUT2D eigenvalue weighted by molar-refractivity contribution is 5.71. The van der Waals surface area contributed by atoms with Crippen molar-refractivity contribution in [1.29, 1.82) is 0 Å².